The predicted molar refractivity (Wildman–Crippen MR) is 89.8 cm³/mol. The largest absolute Gasteiger partial charge is 0.497 e. The number of nitrogens with zero attached hydrogens (tertiary/aromatic N) is 1. The van der Waals surface area contributed by atoms with Crippen molar-refractivity contribution in [3.8, 4) is 11.5 Å². The summed E-state index contributed by atoms with van der Waals surface area (Å²) in [7, 11) is 3.24. The Bertz CT molecular complexity index is 457. The average Bonchev–Trinajstić information content (AvgIpc) is 2.54. The molecule has 5 heteroatoms. The molecule has 0 heterocycles. The average molecular weight is 308 g/mol. The van der Waals surface area contributed by atoms with Crippen LogP contribution in [-0.4, -0.2) is 44.7 Å². The van der Waals surface area contributed by atoms with Gasteiger partial charge in [0.05, 0.1) is 19.9 Å². The number of ether oxygens (including phenoxy) is 2. The van der Waals surface area contributed by atoms with Crippen molar-refractivity contribution in [3.05, 3.63) is 18.2 Å². The Kier molecular flexibility index (Phi) is 8.18. The van der Waals surface area contributed by atoms with Crippen molar-refractivity contribution < 1.29 is 14.3 Å². The molecule has 124 valence electrons. The first-order valence-electron chi connectivity index (χ1n) is 7.89. The lowest BCUT2D eigenvalue weighted by molar-refractivity contribution is -0.131. The molecule has 1 N–H and O–H groups in total. The van der Waals surface area contributed by atoms with Gasteiger partial charge in [-0.15, -0.1) is 0 Å². The highest BCUT2D eigenvalue weighted by Gasteiger charge is 2.11. The zero-order valence-corrected chi connectivity index (χ0v) is 14.1. The molecule has 0 unspecified atom stereocenters. The quantitative estimate of drug-likeness (QED) is 0.721. The number of methoxy groups -OCH3 is 2. The maximum Gasteiger partial charge on any atom is 0.224 e. The van der Waals surface area contributed by atoms with Crippen molar-refractivity contribution in [2.24, 2.45) is 0 Å². The molecule has 0 aliphatic carbocycles. The van der Waals surface area contributed by atoms with E-state index in [1.165, 1.54) is 0 Å². The zero-order chi connectivity index (χ0) is 16.4. The van der Waals surface area contributed by atoms with Gasteiger partial charge in [0.2, 0.25) is 5.91 Å². The predicted octanol–water partition coefficient (Wildman–Crippen LogP) is 3.15. The number of benzene rings is 1. The normalized spacial score (nSPS) is 10.2. The highest BCUT2D eigenvalue weighted by molar-refractivity contribution is 5.76. The molecule has 1 rings (SSSR count). The van der Waals surface area contributed by atoms with E-state index in [0.29, 0.717) is 18.7 Å². The SMILES string of the molecule is CCCN(CCC)C(=O)CCNc1ccc(OC)cc1OC. The molecule has 0 saturated heterocycles. The second-order valence-electron chi connectivity index (χ2n) is 5.12. The van der Waals surface area contributed by atoms with Crippen molar-refractivity contribution in [2.45, 2.75) is 33.1 Å². The van der Waals surface area contributed by atoms with Crippen LogP contribution in [0.15, 0.2) is 18.2 Å². The fourth-order valence-electron chi connectivity index (χ4n) is 2.31. The molecule has 1 aromatic carbocycles. The summed E-state index contributed by atoms with van der Waals surface area (Å²) in [6.07, 6.45) is 2.46. The zero-order valence-electron chi connectivity index (χ0n) is 14.1. The summed E-state index contributed by atoms with van der Waals surface area (Å²) in [5, 5.41) is 3.26. The molecule has 22 heavy (non-hydrogen) atoms. The molecule has 1 amide bonds. The number of nitrogens with one attached hydrogen (secondary N) is 1. The lowest BCUT2D eigenvalue weighted by Gasteiger charge is -2.21. The number of carbonyl (C=O) groups excluding carboxylic acids is 1. The van der Waals surface area contributed by atoms with Crippen LogP contribution in [0.3, 0.4) is 0 Å². The number of anilines is 1. The van der Waals surface area contributed by atoms with Gasteiger partial charge in [-0.2, -0.15) is 0 Å². The molecule has 5 nitrogen and oxygen atoms in total. The maximum absolute atomic E-state index is 12.2. The van der Waals surface area contributed by atoms with Gasteiger partial charge < -0.3 is 19.7 Å². The van der Waals surface area contributed by atoms with Crippen molar-refractivity contribution >= 4 is 11.6 Å². The minimum absolute atomic E-state index is 0.198. The van der Waals surface area contributed by atoms with Gasteiger partial charge in [-0.3, -0.25) is 4.79 Å². The van der Waals surface area contributed by atoms with Crippen LogP contribution in [0.2, 0.25) is 0 Å². The Morgan fingerprint density at radius 1 is 1.14 bits per heavy atom. The van der Waals surface area contributed by atoms with Gasteiger partial charge in [0, 0.05) is 32.1 Å². The molecule has 0 aliphatic rings. The summed E-state index contributed by atoms with van der Waals surface area (Å²) in [5.74, 6) is 1.66. The molecule has 0 aromatic heterocycles. The molecule has 0 bridgehead atoms. The number of hydrogen-bond acceptors (Lipinski definition) is 4. The topological polar surface area (TPSA) is 50.8 Å². The molecule has 0 radical (unpaired) electrons. The summed E-state index contributed by atoms with van der Waals surface area (Å²) in [4.78, 5) is 14.1. The van der Waals surface area contributed by atoms with Crippen LogP contribution in [0.5, 0.6) is 11.5 Å². The van der Waals surface area contributed by atoms with Crippen LogP contribution in [-0.2, 0) is 4.79 Å². The lowest BCUT2D eigenvalue weighted by atomic mass is 10.2. The standard InChI is InChI=1S/C17H28N2O3/c1-5-11-19(12-6-2)17(20)9-10-18-15-8-7-14(21-3)13-16(15)22-4/h7-8,13,18H,5-6,9-12H2,1-4H3. The van der Waals surface area contributed by atoms with Gasteiger partial charge in [-0.05, 0) is 25.0 Å². The third-order valence-corrected chi connectivity index (χ3v) is 3.40. The Balaban J connectivity index is 2.54. The van der Waals surface area contributed by atoms with E-state index in [9.17, 15) is 4.79 Å². The van der Waals surface area contributed by atoms with Gasteiger partial charge in [0.1, 0.15) is 11.5 Å². The van der Waals surface area contributed by atoms with Gasteiger partial charge in [-0.25, -0.2) is 0 Å². The Morgan fingerprint density at radius 2 is 1.82 bits per heavy atom. The molecular weight excluding hydrogens is 280 g/mol. The Morgan fingerprint density at radius 3 is 2.36 bits per heavy atom. The number of rotatable bonds is 10. The summed E-state index contributed by atoms with van der Waals surface area (Å²) in [6.45, 7) is 6.44. The van der Waals surface area contributed by atoms with Crippen molar-refractivity contribution in [1.82, 2.24) is 4.90 Å². The van der Waals surface area contributed by atoms with E-state index in [1.807, 2.05) is 23.1 Å². The first-order valence-corrected chi connectivity index (χ1v) is 7.89. The van der Waals surface area contributed by atoms with E-state index >= 15 is 0 Å². The van der Waals surface area contributed by atoms with Crippen LogP contribution in [0.1, 0.15) is 33.1 Å². The second-order valence-corrected chi connectivity index (χ2v) is 5.12. The molecule has 0 atom stereocenters. The summed E-state index contributed by atoms with van der Waals surface area (Å²) in [6, 6.07) is 5.59. The Hall–Kier alpha value is -1.91. The molecule has 0 fully saturated rings. The highest BCUT2D eigenvalue weighted by Crippen LogP contribution is 2.28. The van der Waals surface area contributed by atoms with E-state index in [1.54, 1.807) is 14.2 Å². The number of amides is 1. The third-order valence-electron chi connectivity index (χ3n) is 3.40. The van der Waals surface area contributed by atoms with Crippen molar-refractivity contribution in [1.29, 1.82) is 0 Å². The molecule has 1 aromatic rings. The first-order chi connectivity index (χ1) is 10.7. The maximum atomic E-state index is 12.2. The van der Waals surface area contributed by atoms with E-state index in [2.05, 4.69) is 19.2 Å². The van der Waals surface area contributed by atoms with Crippen LogP contribution in [0, 0.1) is 0 Å². The van der Waals surface area contributed by atoms with E-state index in [-0.39, 0.29) is 5.91 Å². The van der Waals surface area contributed by atoms with Crippen molar-refractivity contribution in [3.63, 3.8) is 0 Å². The lowest BCUT2D eigenvalue weighted by Crippen LogP contribution is -2.33. The summed E-state index contributed by atoms with van der Waals surface area (Å²) in [5.41, 5.74) is 0.869. The minimum atomic E-state index is 0.198. The van der Waals surface area contributed by atoms with Crippen molar-refractivity contribution in [2.75, 3.05) is 39.2 Å². The van der Waals surface area contributed by atoms with Gasteiger partial charge in [0.25, 0.3) is 0 Å². The highest BCUT2D eigenvalue weighted by atomic mass is 16.5. The summed E-state index contributed by atoms with van der Waals surface area (Å²) >= 11 is 0. The van der Waals surface area contributed by atoms with Gasteiger partial charge in [-0.1, -0.05) is 13.8 Å². The van der Waals surface area contributed by atoms with Gasteiger partial charge >= 0.3 is 0 Å². The van der Waals surface area contributed by atoms with E-state index in [0.717, 1.165) is 37.4 Å². The minimum Gasteiger partial charge on any atom is -0.497 e. The molecule has 0 spiro atoms. The fraction of sp³-hybridized carbons (Fsp3) is 0.588. The van der Waals surface area contributed by atoms with Crippen LogP contribution >= 0.6 is 0 Å². The van der Waals surface area contributed by atoms with Gasteiger partial charge in [0.15, 0.2) is 0 Å². The Labute approximate surface area is 133 Å². The monoisotopic (exact) mass is 308 g/mol. The molecular formula is C17H28N2O3. The molecule has 0 saturated carbocycles. The number of carbonyl (C=O) groups is 1. The third kappa shape index (κ3) is 5.47. The van der Waals surface area contributed by atoms with Crippen LogP contribution < -0.4 is 14.8 Å². The van der Waals surface area contributed by atoms with Crippen LogP contribution in [0.25, 0.3) is 0 Å². The second kappa shape index (κ2) is 9.92. The molecule has 0 aliphatic heterocycles. The first kappa shape index (κ1) is 18.1. The van der Waals surface area contributed by atoms with E-state index in [4.69, 9.17) is 9.47 Å². The van der Waals surface area contributed by atoms with Crippen LogP contribution in [0.4, 0.5) is 5.69 Å². The summed E-state index contributed by atoms with van der Waals surface area (Å²) < 4.78 is 10.5. The van der Waals surface area contributed by atoms with E-state index < -0.39 is 0 Å². The fourth-order valence-corrected chi connectivity index (χ4v) is 2.31. The number of hydrogen-bond donors (Lipinski definition) is 1. The smallest absolute Gasteiger partial charge is 0.224 e.